The average Bonchev–Trinajstić information content (AvgIpc) is 2.46. The lowest BCUT2D eigenvalue weighted by Gasteiger charge is -2.06. The van der Waals surface area contributed by atoms with E-state index in [9.17, 15) is 4.79 Å². The molecule has 2 aromatic rings. The van der Waals surface area contributed by atoms with Gasteiger partial charge in [0.15, 0.2) is 0 Å². The molecule has 1 aromatic heterocycles. The zero-order chi connectivity index (χ0) is 13.7. The zero-order valence-electron chi connectivity index (χ0n) is 11.0. The Bertz CT molecular complexity index is 584. The molecule has 1 amide bonds. The van der Waals surface area contributed by atoms with Crippen LogP contribution >= 0.6 is 0 Å². The van der Waals surface area contributed by atoms with Crippen LogP contribution < -0.4 is 10.1 Å². The van der Waals surface area contributed by atoms with Crippen molar-refractivity contribution in [2.24, 2.45) is 0 Å². The van der Waals surface area contributed by atoms with Gasteiger partial charge in [-0.25, -0.2) is 4.98 Å². The number of amides is 1. The van der Waals surface area contributed by atoms with E-state index in [0.29, 0.717) is 18.8 Å². The Labute approximate surface area is 111 Å². The van der Waals surface area contributed by atoms with E-state index in [0.717, 1.165) is 16.7 Å². The predicted octanol–water partition coefficient (Wildman–Crippen LogP) is 1.62. The van der Waals surface area contributed by atoms with Crippen molar-refractivity contribution in [1.29, 1.82) is 0 Å². The van der Waals surface area contributed by atoms with E-state index in [1.165, 1.54) is 0 Å². The van der Waals surface area contributed by atoms with E-state index in [1.54, 1.807) is 20.3 Å². The van der Waals surface area contributed by atoms with Crippen LogP contribution in [0.1, 0.15) is 10.5 Å². The highest BCUT2D eigenvalue weighted by Gasteiger charge is 2.07. The van der Waals surface area contributed by atoms with E-state index < -0.39 is 0 Å². The first kappa shape index (κ1) is 13.3. The normalized spacial score (nSPS) is 10.4. The Kier molecular flexibility index (Phi) is 4.30. The van der Waals surface area contributed by atoms with E-state index >= 15 is 0 Å². The summed E-state index contributed by atoms with van der Waals surface area (Å²) in [5.41, 5.74) is 1.16. The molecule has 0 atom stereocenters. The summed E-state index contributed by atoms with van der Waals surface area (Å²) in [6.07, 6.45) is 0. The second kappa shape index (κ2) is 6.15. The second-order valence-electron chi connectivity index (χ2n) is 4.00. The van der Waals surface area contributed by atoms with Crippen LogP contribution in [0.2, 0.25) is 0 Å². The third-order valence-corrected chi connectivity index (χ3v) is 2.72. The van der Waals surface area contributed by atoms with Gasteiger partial charge in [-0.1, -0.05) is 6.07 Å². The SMILES string of the molecule is COCCNC(=O)c1ccc2cc(OC)ccc2n1. The molecule has 2 rings (SSSR count). The molecule has 0 bridgehead atoms. The van der Waals surface area contributed by atoms with Gasteiger partial charge in [0.1, 0.15) is 11.4 Å². The summed E-state index contributed by atoms with van der Waals surface area (Å²) in [5.74, 6) is 0.571. The lowest BCUT2D eigenvalue weighted by atomic mass is 10.2. The molecule has 1 aromatic carbocycles. The molecule has 0 saturated heterocycles. The lowest BCUT2D eigenvalue weighted by molar-refractivity contribution is 0.0932. The number of benzene rings is 1. The number of aromatic nitrogens is 1. The van der Waals surface area contributed by atoms with Crippen LogP contribution in [0.25, 0.3) is 10.9 Å². The zero-order valence-corrected chi connectivity index (χ0v) is 11.0. The maximum Gasteiger partial charge on any atom is 0.269 e. The van der Waals surface area contributed by atoms with Gasteiger partial charge in [0.25, 0.3) is 5.91 Å². The Morgan fingerprint density at radius 3 is 2.84 bits per heavy atom. The Hall–Kier alpha value is -2.14. The number of hydrogen-bond donors (Lipinski definition) is 1. The predicted molar refractivity (Wildman–Crippen MR) is 72.5 cm³/mol. The smallest absolute Gasteiger partial charge is 0.269 e. The van der Waals surface area contributed by atoms with Crippen LogP contribution in [-0.4, -0.2) is 38.3 Å². The number of hydrogen-bond acceptors (Lipinski definition) is 4. The topological polar surface area (TPSA) is 60.5 Å². The third-order valence-electron chi connectivity index (χ3n) is 2.72. The van der Waals surface area contributed by atoms with E-state index in [4.69, 9.17) is 9.47 Å². The molecule has 0 aliphatic heterocycles. The standard InChI is InChI=1S/C14H16N2O3/c1-18-8-7-15-14(17)13-5-3-10-9-11(19-2)4-6-12(10)16-13/h3-6,9H,7-8H2,1-2H3,(H,15,17). The van der Waals surface area contributed by atoms with Crippen molar-refractivity contribution in [2.45, 2.75) is 0 Å². The van der Waals surface area contributed by atoms with Crippen LogP contribution in [0.4, 0.5) is 0 Å². The van der Waals surface area contributed by atoms with Crippen molar-refractivity contribution in [1.82, 2.24) is 10.3 Å². The molecule has 5 heteroatoms. The molecule has 1 N–H and O–H groups in total. The van der Waals surface area contributed by atoms with Crippen molar-refractivity contribution in [3.8, 4) is 5.75 Å². The molecular formula is C14H16N2O3. The minimum absolute atomic E-state index is 0.199. The molecular weight excluding hydrogens is 244 g/mol. The number of ether oxygens (including phenoxy) is 2. The highest BCUT2D eigenvalue weighted by Crippen LogP contribution is 2.19. The van der Waals surface area contributed by atoms with Crippen LogP contribution in [0.3, 0.4) is 0 Å². The third kappa shape index (κ3) is 3.20. The van der Waals surface area contributed by atoms with Gasteiger partial charge in [0.2, 0.25) is 0 Å². The Morgan fingerprint density at radius 1 is 1.26 bits per heavy atom. The molecule has 0 aliphatic rings. The molecule has 5 nitrogen and oxygen atoms in total. The van der Waals surface area contributed by atoms with Crippen LogP contribution in [0, 0.1) is 0 Å². The number of carbonyl (C=O) groups excluding carboxylic acids is 1. The summed E-state index contributed by atoms with van der Waals surface area (Å²) >= 11 is 0. The van der Waals surface area contributed by atoms with Crippen molar-refractivity contribution in [3.63, 3.8) is 0 Å². The van der Waals surface area contributed by atoms with Gasteiger partial charge in [-0.3, -0.25) is 4.79 Å². The summed E-state index contributed by atoms with van der Waals surface area (Å²) in [6, 6.07) is 9.09. The highest BCUT2D eigenvalue weighted by molar-refractivity contribution is 5.95. The average molecular weight is 260 g/mol. The quantitative estimate of drug-likeness (QED) is 0.830. The molecule has 19 heavy (non-hydrogen) atoms. The first-order chi connectivity index (χ1) is 9.24. The minimum Gasteiger partial charge on any atom is -0.497 e. The summed E-state index contributed by atoms with van der Waals surface area (Å²) in [4.78, 5) is 16.2. The number of pyridine rings is 1. The number of carbonyl (C=O) groups is 1. The van der Waals surface area contributed by atoms with E-state index in [1.807, 2.05) is 24.3 Å². The first-order valence-electron chi connectivity index (χ1n) is 5.96. The summed E-state index contributed by atoms with van der Waals surface area (Å²) in [5, 5.41) is 3.67. The van der Waals surface area contributed by atoms with E-state index in [-0.39, 0.29) is 5.91 Å². The van der Waals surface area contributed by atoms with Crippen LogP contribution in [0.15, 0.2) is 30.3 Å². The highest BCUT2D eigenvalue weighted by atomic mass is 16.5. The summed E-state index contributed by atoms with van der Waals surface area (Å²) in [7, 11) is 3.21. The van der Waals surface area contributed by atoms with Gasteiger partial charge < -0.3 is 14.8 Å². The molecule has 1 heterocycles. The Morgan fingerprint density at radius 2 is 2.11 bits per heavy atom. The molecule has 0 spiro atoms. The molecule has 0 unspecified atom stereocenters. The summed E-state index contributed by atoms with van der Waals surface area (Å²) in [6.45, 7) is 0.953. The number of rotatable bonds is 5. The van der Waals surface area contributed by atoms with Crippen LogP contribution in [-0.2, 0) is 4.74 Å². The second-order valence-corrected chi connectivity index (χ2v) is 4.00. The molecule has 0 radical (unpaired) electrons. The van der Waals surface area contributed by atoms with Crippen molar-refractivity contribution >= 4 is 16.8 Å². The first-order valence-corrected chi connectivity index (χ1v) is 5.96. The fraction of sp³-hybridized carbons (Fsp3) is 0.286. The lowest BCUT2D eigenvalue weighted by Crippen LogP contribution is -2.27. The fourth-order valence-corrected chi connectivity index (χ4v) is 1.71. The minimum atomic E-state index is -0.199. The fourth-order valence-electron chi connectivity index (χ4n) is 1.71. The van der Waals surface area contributed by atoms with E-state index in [2.05, 4.69) is 10.3 Å². The molecule has 100 valence electrons. The number of fused-ring (bicyclic) bond motifs is 1. The van der Waals surface area contributed by atoms with Crippen LogP contribution in [0.5, 0.6) is 5.75 Å². The van der Waals surface area contributed by atoms with Gasteiger partial charge in [-0.05, 0) is 24.3 Å². The van der Waals surface area contributed by atoms with Gasteiger partial charge in [0.05, 0.1) is 19.2 Å². The maximum absolute atomic E-state index is 11.8. The number of methoxy groups -OCH3 is 2. The van der Waals surface area contributed by atoms with Gasteiger partial charge >= 0.3 is 0 Å². The number of nitrogens with zero attached hydrogens (tertiary/aromatic N) is 1. The van der Waals surface area contributed by atoms with Gasteiger partial charge in [-0.2, -0.15) is 0 Å². The van der Waals surface area contributed by atoms with Crippen molar-refractivity contribution in [3.05, 3.63) is 36.0 Å². The summed E-state index contributed by atoms with van der Waals surface area (Å²) < 4.78 is 10.0. The monoisotopic (exact) mass is 260 g/mol. The Balaban J connectivity index is 2.19. The van der Waals surface area contributed by atoms with Crippen molar-refractivity contribution in [2.75, 3.05) is 27.4 Å². The number of nitrogens with one attached hydrogen (secondary N) is 1. The maximum atomic E-state index is 11.8. The molecule has 0 aliphatic carbocycles. The largest absolute Gasteiger partial charge is 0.497 e. The molecule has 0 saturated carbocycles. The van der Waals surface area contributed by atoms with Gasteiger partial charge in [0, 0.05) is 19.0 Å². The van der Waals surface area contributed by atoms with Gasteiger partial charge in [-0.15, -0.1) is 0 Å². The van der Waals surface area contributed by atoms with Crippen molar-refractivity contribution < 1.29 is 14.3 Å². The molecule has 0 fully saturated rings.